The summed E-state index contributed by atoms with van der Waals surface area (Å²) in [6.45, 7) is 0. The molecule has 1 unspecified atom stereocenters. The molecule has 1 heterocycles. The molecule has 2 N–H and O–H groups in total. The second kappa shape index (κ2) is 9.65. The largest absolute Gasteiger partial charge is 0.496 e. The van der Waals surface area contributed by atoms with E-state index >= 15 is 0 Å². The highest BCUT2D eigenvalue weighted by molar-refractivity contribution is 8.15. The highest BCUT2D eigenvalue weighted by Gasteiger charge is 2.35. The Bertz CT molecular complexity index is 1040. The molecule has 1 fully saturated rings. The van der Waals surface area contributed by atoms with Crippen LogP contribution in [0.3, 0.4) is 0 Å². The van der Waals surface area contributed by atoms with Gasteiger partial charge in [0.2, 0.25) is 11.8 Å². The third kappa shape index (κ3) is 5.85. The average molecular weight is 450 g/mol. The van der Waals surface area contributed by atoms with Crippen molar-refractivity contribution in [2.24, 2.45) is 10.2 Å². The van der Waals surface area contributed by atoms with Crippen LogP contribution >= 0.6 is 11.8 Å². The minimum atomic E-state index is -4.61. The lowest BCUT2D eigenvalue weighted by atomic mass is 10.1. The molecule has 1 aliphatic rings. The summed E-state index contributed by atoms with van der Waals surface area (Å²) < 4.78 is 44.3. The summed E-state index contributed by atoms with van der Waals surface area (Å²) in [6, 6.07) is 11.8. The molecule has 0 saturated carbocycles. The van der Waals surface area contributed by atoms with Crippen LogP contribution < -0.4 is 15.4 Å². The number of thioether (sulfide) groups is 1. The molecule has 2 aromatic carbocycles. The molecule has 2 aromatic rings. The lowest BCUT2D eigenvalue weighted by molar-refractivity contribution is -0.137. The van der Waals surface area contributed by atoms with Crippen molar-refractivity contribution in [3.63, 3.8) is 0 Å². The van der Waals surface area contributed by atoms with E-state index in [0.29, 0.717) is 11.3 Å². The Balaban J connectivity index is 1.62. The SMILES string of the molecule is COc1ccccc1C=NN=C1NC(=O)C(CC(=O)Nc2ccccc2C(F)(F)F)S1. The van der Waals surface area contributed by atoms with Crippen LogP contribution in [-0.2, 0) is 15.8 Å². The van der Waals surface area contributed by atoms with Crippen molar-refractivity contribution >= 4 is 40.6 Å². The second-order valence-electron chi connectivity index (χ2n) is 6.28. The lowest BCUT2D eigenvalue weighted by Gasteiger charge is -2.14. The van der Waals surface area contributed by atoms with Crippen molar-refractivity contribution in [1.82, 2.24) is 5.32 Å². The van der Waals surface area contributed by atoms with E-state index in [1.807, 2.05) is 0 Å². The number of carbonyl (C=O) groups excluding carboxylic acids is 2. The summed E-state index contributed by atoms with van der Waals surface area (Å²) >= 11 is 0.974. The predicted molar refractivity (Wildman–Crippen MR) is 112 cm³/mol. The summed E-state index contributed by atoms with van der Waals surface area (Å²) in [4.78, 5) is 24.3. The number of methoxy groups -OCH3 is 1. The predicted octanol–water partition coefficient (Wildman–Crippen LogP) is 3.66. The van der Waals surface area contributed by atoms with Gasteiger partial charge in [-0.1, -0.05) is 36.0 Å². The number of nitrogens with zero attached hydrogens (tertiary/aromatic N) is 2. The number of halogens is 3. The molecule has 0 aliphatic carbocycles. The van der Waals surface area contributed by atoms with Crippen LogP contribution in [0.15, 0.2) is 58.7 Å². The summed E-state index contributed by atoms with van der Waals surface area (Å²) in [7, 11) is 1.52. The Hall–Kier alpha value is -3.34. The standard InChI is InChI=1S/C20H17F3N4O3S/c1-30-15-9-5-2-6-12(15)11-24-27-19-26-18(29)16(31-19)10-17(28)25-14-8-4-3-7-13(14)20(21,22)23/h2-9,11,16H,10H2,1H3,(H,25,28)(H,26,27,29). The molecule has 11 heteroatoms. The van der Waals surface area contributed by atoms with Gasteiger partial charge in [-0.3, -0.25) is 9.59 Å². The minimum Gasteiger partial charge on any atom is -0.496 e. The number of para-hydroxylation sites is 2. The van der Waals surface area contributed by atoms with Crippen LogP contribution in [0, 0.1) is 0 Å². The molecule has 0 spiro atoms. The number of benzene rings is 2. The van der Waals surface area contributed by atoms with E-state index in [-0.39, 0.29) is 17.3 Å². The summed E-state index contributed by atoms with van der Waals surface area (Å²) in [5, 5.41) is 11.9. The third-order valence-electron chi connectivity index (χ3n) is 4.14. The number of amides is 2. The van der Waals surface area contributed by atoms with Crippen LogP contribution in [0.1, 0.15) is 17.5 Å². The number of carbonyl (C=O) groups is 2. The number of anilines is 1. The normalized spacial score (nSPS) is 17.7. The van der Waals surface area contributed by atoms with Gasteiger partial charge < -0.3 is 15.4 Å². The fraction of sp³-hybridized carbons (Fsp3) is 0.200. The van der Waals surface area contributed by atoms with E-state index in [1.54, 1.807) is 24.3 Å². The molecule has 2 amide bonds. The van der Waals surface area contributed by atoms with E-state index in [4.69, 9.17) is 4.74 Å². The highest BCUT2D eigenvalue weighted by Crippen LogP contribution is 2.34. The fourth-order valence-electron chi connectivity index (χ4n) is 2.71. The Kier molecular flexibility index (Phi) is 6.95. The second-order valence-corrected chi connectivity index (χ2v) is 7.47. The van der Waals surface area contributed by atoms with E-state index in [9.17, 15) is 22.8 Å². The molecular weight excluding hydrogens is 433 g/mol. The van der Waals surface area contributed by atoms with Gasteiger partial charge >= 0.3 is 6.18 Å². The van der Waals surface area contributed by atoms with Crippen LogP contribution in [0.25, 0.3) is 0 Å². The molecule has 1 aliphatic heterocycles. The van der Waals surface area contributed by atoms with E-state index in [1.165, 1.54) is 25.5 Å². The molecule has 1 atom stereocenters. The van der Waals surface area contributed by atoms with Gasteiger partial charge in [-0.05, 0) is 24.3 Å². The first-order valence-corrected chi connectivity index (χ1v) is 9.83. The number of hydrogen-bond acceptors (Lipinski definition) is 6. The Labute approximate surface area is 179 Å². The van der Waals surface area contributed by atoms with Crippen LogP contribution in [0.2, 0.25) is 0 Å². The molecule has 7 nitrogen and oxygen atoms in total. The first-order chi connectivity index (χ1) is 14.8. The van der Waals surface area contributed by atoms with Gasteiger partial charge in [0, 0.05) is 12.0 Å². The number of nitrogens with one attached hydrogen (secondary N) is 2. The number of amidine groups is 1. The molecule has 31 heavy (non-hydrogen) atoms. The molecule has 3 rings (SSSR count). The molecule has 0 radical (unpaired) electrons. The first kappa shape index (κ1) is 22.3. The maximum atomic E-state index is 13.0. The Morgan fingerprint density at radius 3 is 2.68 bits per heavy atom. The van der Waals surface area contributed by atoms with Crippen LogP contribution in [-0.4, -0.2) is 35.6 Å². The lowest BCUT2D eigenvalue weighted by Crippen LogP contribution is -2.28. The highest BCUT2D eigenvalue weighted by atomic mass is 32.2. The Morgan fingerprint density at radius 2 is 1.94 bits per heavy atom. The number of rotatable bonds is 6. The van der Waals surface area contributed by atoms with E-state index in [2.05, 4.69) is 20.8 Å². The topological polar surface area (TPSA) is 92.2 Å². The van der Waals surface area contributed by atoms with Gasteiger partial charge in [-0.15, -0.1) is 5.10 Å². The third-order valence-corrected chi connectivity index (χ3v) is 5.21. The quantitative estimate of drug-likeness (QED) is 0.519. The monoisotopic (exact) mass is 450 g/mol. The van der Waals surface area contributed by atoms with Crippen molar-refractivity contribution in [2.45, 2.75) is 17.8 Å². The summed E-state index contributed by atoms with van der Waals surface area (Å²) in [5.41, 5.74) is -0.638. The van der Waals surface area contributed by atoms with E-state index in [0.717, 1.165) is 23.9 Å². The zero-order valence-electron chi connectivity index (χ0n) is 16.1. The van der Waals surface area contributed by atoms with Gasteiger partial charge in [0.25, 0.3) is 0 Å². The average Bonchev–Trinajstić information content (AvgIpc) is 3.07. The molecular formula is C20H17F3N4O3S. The van der Waals surface area contributed by atoms with Crippen LogP contribution in [0.4, 0.5) is 18.9 Å². The van der Waals surface area contributed by atoms with Crippen molar-refractivity contribution in [1.29, 1.82) is 0 Å². The first-order valence-electron chi connectivity index (χ1n) is 8.95. The Morgan fingerprint density at radius 1 is 1.23 bits per heavy atom. The maximum Gasteiger partial charge on any atom is 0.418 e. The zero-order chi connectivity index (χ0) is 22.4. The number of ether oxygens (including phenoxy) is 1. The van der Waals surface area contributed by atoms with Crippen molar-refractivity contribution < 1.29 is 27.5 Å². The van der Waals surface area contributed by atoms with Crippen molar-refractivity contribution in [3.8, 4) is 5.75 Å². The van der Waals surface area contributed by atoms with Gasteiger partial charge in [-0.25, -0.2) is 0 Å². The van der Waals surface area contributed by atoms with Gasteiger partial charge in [-0.2, -0.15) is 18.3 Å². The molecule has 0 bridgehead atoms. The zero-order valence-corrected chi connectivity index (χ0v) is 17.0. The van der Waals surface area contributed by atoms with Gasteiger partial charge in [0.15, 0.2) is 5.17 Å². The summed E-state index contributed by atoms with van der Waals surface area (Å²) in [6.07, 6.45) is -3.48. The minimum absolute atomic E-state index is 0.185. The van der Waals surface area contributed by atoms with Crippen LogP contribution in [0.5, 0.6) is 5.75 Å². The number of alkyl halides is 3. The fourth-order valence-corrected chi connectivity index (χ4v) is 3.64. The van der Waals surface area contributed by atoms with Crippen molar-refractivity contribution in [2.75, 3.05) is 12.4 Å². The number of hydrogen-bond donors (Lipinski definition) is 2. The van der Waals surface area contributed by atoms with Crippen molar-refractivity contribution in [3.05, 3.63) is 59.7 Å². The smallest absolute Gasteiger partial charge is 0.418 e. The maximum absolute atomic E-state index is 13.0. The molecule has 162 valence electrons. The summed E-state index contributed by atoms with van der Waals surface area (Å²) in [5.74, 6) is -0.595. The van der Waals surface area contributed by atoms with Gasteiger partial charge in [0.05, 0.1) is 24.6 Å². The van der Waals surface area contributed by atoms with E-state index < -0.39 is 28.8 Å². The molecule has 0 aromatic heterocycles. The van der Waals surface area contributed by atoms with Gasteiger partial charge in [0.1, 0.15) is 11.0 Å². The molecule has 1 saturated heterocycles.